The lowest BCUT2D eigenvalue weighted by Gasteiger charge is -2.64. The second-order valence-electron chi connectivity index (χ2n) is 30.7. The van der Waals surface area contributed by atoms with Crippen LogP contribution in [0.15, 0.2) is 12.7 Å². The van der Waals surface area contributed by atoms with Crippen molar-refractivity contribution >= 4 is 50.7 Å². The highest BCUT2D eigenvalue weighted by Crippen LogP contribution is 2.66. The van der Waals surface area contributed by atoms with Gasteiger partial charge in [0, 0.05) is 63.2 Å². The molecular weight excluding hydrogens is 1070 g/mol. The molecule has 6 saturated carbocycles. The van der Waals surface area contributed by atoms with E-state index in [2.05, 4.69) is 69.4 Å². The van der Waals surface area contributed by atoms with Crippen LogP contribution in [-0.2, 0) is 47.2 Å². The normalized spacial score (nSPS) is 33.2. The molecule has 4 bridgehead atoms. The van der Waals surface area contributed by atoms with E-state index >= 15 is 0 Å². The highest BCUT2D eigenvalue weighted by molar-refractivity contribution is 6.45. The molecular formula is C62H108B2N6O14. The van der Waals surface area contributed by atoms with Crippen LogP contribution in [0.25, 0.3) is 0 Å². The average Bonchev–Trinajstić information content (AvgIpc) is 1.24. The van der Waals surface area contributed by atoms with Gasteiger partial charge in [0.05, 0.1) is 35.5 Å². The monoisotopic (exact) mass is 1180 g/mol. The van der Waals surface area contributed by atoms with E-state index in [0.29, 0.717) is 88.1 Å². The fourth-order valence-corrected chi connectivity index (χ4v) is 15.0. The zero-order valence-electron chi connectivity index (χ0n) is 55.0. The quantitative estimate of drug-likeness (QED) is 0.0488. The van der Waals surface area contributed by atoms with Gasteiger partial charge in [0.25, 0.3) is 0 Å². The first-order chi connectivity index (χ1) is 38.6. The molecule has 0 radical (unpaired) electrons. The standard InChI is InChI=1S/C31H54BN3O7.C21H37N3O5.C10H17BO2/c1-19(36)25-21(12-11-13-32-41-24-17-20-16-23(30(20,8)9)31(24,10)42-32)22(18-35(25)27(38)40-29(5,6)7)33-14-15-34-26(37)39-28(2,3)4;1-9-10-15-16(22-11-12-23-18(26)28-20(3,4)5)13-24(17(15)14(2)25)19(27)29-21(6,7)8;1-9(2)6-4-7(9)10(3)8(5-6)12-11-13-10/h20-25,33H,11-18H2,1-10H3,(H,34,37);9,15-17,22H,1,10-13H2,2-8H3,(H,23,26);6-8,11H,4-5H2,1-3H3/t20-,21+,22-,23-,24+,25+,31-;15-,16+,17-;6-,7-,8+,10-/m010/s1. The second-order valence-corrected chi connectivity index (χ2v) is 30.7. The van der Waals surface area contributed by atoms with Gasteiger partial charge in [0.15, 0.2) is 11.6 Å². The number of ether oxygens (including phenoxy) is 4. The Balaban J connectivity index is 0.000000230. The lowest BCUT2D eigenvalue weighted by molar-refractivity contribution is -0.199. The van der Waals surface area contributed by atoms with Gasteiger partial charge in [0.1, 0.15) is 22.4 Å². The molecule has 84 heavy (non-hydrogen) atoms. The summed E-state index contributed by atoms with van der Waals surface area (Å²) in [5, 5.41) is 12.3. The van der Waals surface area contributed by atoms with E-state index in [4.69, 9.17) is 37.6 Å². The highest BCUT2D eigenvalue weighted by atomic mass is 16.7. The third-order valence-corrected chi connectivity index (χ3v) is 19.1. The van der Waals surface area contributed by atoms with Gasteiger partial charge < -0.3 is 58.8 Å². The van der Waals surface area contributed by atoms with Crippen molar-refractivity contribution in [2.75, 3.05) is 39.3 Å². The minimum atomic E-state index is -0.671. The minimum absolute atomic E-state index is 0.0260. The number of allylic oxidation sites excluding steroid dienone is 1. The molecule has 476 valence electrons. The summed E-state index contributed by atoms with van der Waals surface area (Å²) < 4.78 is 46.2. The van der Waals surface area contributed by atoms with Crippen LogP contribution in [0, 0.1) is 46.3 Å². The number of hydrogen-bond acceptors (Lipinski definition) is 16. The number of nitrogens with zero attached hydrogens (tertiary/aromatic N) is 2. The first kappa shape index (κ1) is 69.2. The Morgan fingerprint density at radius 2 is 1.04 bits per heavy atom. The summed E-state index contributed by atoms with van der Waals surface area (Å²) in [5.41, 5.74) is -1.88. The number of likely N-dealkylation sites (tertiary alicyclic amines) is 2. The molecule has 0 unspecified atom stereocenters. The SMILES string of the molecule is C=CC[C@@H]1[C@@H](NCCNC(=O)OC(C)(C)C)CN(C(=O)OC(C)(C)C)[C@@H]1C(C)=O.CC(=O)[C@@H]1[C@H](CCCB2O[C@@H]3C[C@@H]4C[C@@H](C4(C)C)[C@]3(C)O2)[C@@H](NCCNC(=O)OC(C)(C)C)CN1C(=O)OC(C)(C)C.CC1(C)[C@@H]2C[C@H]3OBO[C@@]3(C)[C@H]1C2. The van der Waals surface area contributed by atoms with Gasteiger partial charge in [-0.1, -0.05) is 40.2 Å². The Kier molecular flexibility index (Phi) is 21.7. The van der Waals surface area contributed by atoms with Crippen LogP contribution in [0.4, 0.5) is 19.2 Å². The smallest absolute Gasteiger partial charge is 0.444 e. The van der Waals surface area contributed by atoms with Gasteiger partial charge in [0.2, 0.25) is 0 Å². The van der Waals surface area contributed by atoms with Crippen LogP contribution in [-0.4, -0.2) is 170 Å². The third-order valence-electron chi connectivity index (χ3n) is 19.1. The topological polar surface area (TPSA) is 231 Å². The van der Waals surface area contributed by atoms with Crippen LogP contribution >= 0.6 is 0 Å². The van der Waals surface area contributed by atoms with Gasteiger partial charge >= 0.3 is 39.2 Å². The van der Waals surface area contributed by atoms with Crippen LogP contribution in [0.2, 0.25) is 6.32 Å². The van der Waals surface area contributed by atoms with Crippen LogP contribution in [0.5, 0.6) is 0 Å². The zero-order valence-corrected chi connectivity index (χ0v) is 55.0. The van der Waals surface area contributed by atoms with E-state index in [0.717, 1.165) is 31.5 Å². The van der Waals surface area contributed by atoms with E-state index < -0.39 is 58.9 Å². The molecule has 4 saturated heterocycles. The Morgan fingerprint density at radius 1 is 0.607 bits per heavy atom. The predicted molar refractivity (Wildman–Crippen MR) is 324 cm³/mol. The molecule has 10 aliphatic rings. The Bertz CT molecular complexity index is 2350. The number of alkyl carbamates (subject to hydrolysis) is 2. The van der Waals surface area contributed by atoms with E-state index in [9.17, 15) is 28.8 Å². The van der Waals surface area contributed by atoms with Crippen LogP contribution < -0.4 is 21.3 Å². The molecule has 4 aliphatic heterocycles. The van der Waals surface area contributed by atoms with E-state index in [1.54, 1.807) is 59.4 Å². The number of nitrogens with one attached hydrogen (secondary N) is 4. The molecule has 22 heteroatoms. The summed E-state index contributed by atoms with van der Waals surface area (Å²) >= 11 is 0. The lowest BCUT2D eigenvalue weighted by Crippen LogP contribution is -2.65. The largest absolute Gasteiger partial charge is 0.457 e. The van der Waals surface area contributed by atoms with Crippen molar-refractivity contribution in [3.05, 3.63) is 12.7 Å². The number of carbonyl (C=O) groups excluding carboxylic acids is 6. The number of Topliss-reactive ketones (excluding diaryl/α,β-unsaturated/α-hetero) is 2. The van der Waals surface area contributed by atoms with Crippen molar-refractivity contribution in [2.24, 2.45) is 46.3 Å². The Labute approximate surface area is 504 Å². The maximum absolute atomic E-state index is 13.2. The van der Waals surface area contributed by atoms with Crippen molar-refractivity contribution in [3.8, 4) is 0 Å². The molecule has 6 aliphatic carbocycles. The minimum Gasteiger partial charge on any atom is -0.444 e. The molecule has 0 spiro atoms. The average molecular weight is 1180 g/mol. The van der Waals surface area contributed by atoms with Gasteiger partial charge in [-0.2, -0.15) is 0 Å². The fraction of sp³-hybridized carbons (Fsp3) is 0.871. The number of hydrogen-bond donors (Lipinski definition) is 4. The van der Waals surface area contributed by atoms with Crippen molar-refractivity contribution in [1.82, 2.24) is 31.1 Å². The molecule has 4 heterocycles. The van der Waals surface area contributed by atoms with Crippen molar-refractivity contribution < 1.29 is 66.3 Å². The first-order valence-electron chi connectivity index (χ1n) is 31.2. The number of carbonyl (C=O) groups is 6. The summed E-state index contributed by atoms with van der Waals surface area (Å²) in [7, 11) is 0.263. The summed E-state index contributed by atoms with van der Waals surface area (Å²) in [6.45, 7) is 44.9. The molecule has 10 rings (SSSR count). The number of rotatable bonds is 16. The van der Waals surface area contributed by atoms with Gasteiger partial charge in [-0.15, -0.1) is 6.58 Å². The van der Waals surface area contributed by atoms with Crippen LogP contribution in [0.3, 0.4) is 0 Å². The van der Waals surface area contributed by atoms with Crippen molar-refractivity contribution in [1.29, 1.82) is 0 Å². The molecule has 0 aromatic carbocycles. The van der Waals surface area contributed by atoms with Gasteiger partial charge in [-0.3, -0.25) is 19.4 Å². The summed E-state index contributed by atoms with van der Waals surface area (Å²) in [4.78, 5) is 78.0. The van der Waals surface area contributed by atoms with Crippen molar-refractivity contribution in [3.63, 3.8) is 0 Å². The first-order valence-corrected chi connectivity index (χ1v) is 31.2. The van der Waals surface area contributed by atoms with E-state index in [-0.39, 0.29) is 59.9 Å². The summed E-state index contributed by atoms with van der Waals surface area (Å²) in [5.74, 6) is 2.44. The molecule has 0 aromatic heterocycles. The molecule has 4 N–H and O–H groups in total. The third kappa shape index (κ3) is 16.6. The van der Waals surface area contributed by atoms with Gasteiger partial charge in [-0.05, 0) is 190 Å². The Morgan fingerprint density at radius 3 is 1.46 bits per heavy atom. The summed E-state index contributed by atoms with van der Waals surface area (Å²) in [6.07, 6.45) is 8.03. The maximum Gasteiger partial charge on any atom is 0.457 e. The number of ketones is 2. The van der Waals surface area contributed by atoms with E-state index in [1.165, 1.54) is 31.1 Å². The molecule has 10 fully saturated rings. The maximum atomic E-state index is 13.2. The molecule has 20 nitrogen and oxygen atoms in total. The summed E-state index contributed by atoms with van der Waals surface area (Å²) in [6, 6.07) is -1.41. The predicted octanol–water partition coefficient (Wildman–Crippen LogP) is 9.17. The molecule has 14 atom stereocenters. The van der Waals surface area contributed by atoms with Crippen molar-refractivity contribution in [2.45, 2.75) is 260 Å². The molecule has 4 amide bonds. The van der Waals surface area contributed by atoms with Gasteiger partial charge in [-0.25, -0.2) is 19.2 Å². The number of amides is 4. The van der Waals surface area contributed by atoms with Crippen LogP contribution in [0.1, 0.15) is 183 Å². The lowest BCUT2D eigenvalue weighted by atomic mass is 9.43. The molecule has 0 aromatic rings. The zero-order chi connectivity index (χ0) is 62.9. The highest BCUT2D eigenvalue weighted by Gasteiger charge is 2.68. The Hall–Kier alpha value is -3.95. The van der Waals surface area contributed by atoms with E-state index in [1.807, 2.05) is 41.5 Å². The fourth-order valence-electron chi connectivity index (χ4n) is 15.0. The second kappa shape index (κ2) is 26.4.